The molecule has 2 heteroatoms. The first-order valence-electron chi connectivity index (χ1n) is 5.40. The van der Waals surface area contributed by atoms with Crippen molar-refractivity contribution in [2.45, 2.75) is 51.9 Å². The van der Waals surface area contributed by atoms with E-state index in [9.17, 15) is 4.79 Å². The van der Waals surface area contributed by atoms with Crippen LogP contribution >= 0.6 is 0 Å². The van der Waals surface area contributed by atoms with E-state index in [1.54, 1.807) is 0 Å². The van der Waals surface area contributed by atoms with Crippen molar-refractivity contribution in [3.8, 4) is 12.3 Å². The van der Waals surface area contributed by atoms with E-state index in [4.69, 9.17) is 11.2 Å². The molecular weight excluding hydrogens is 176 g/mol. The Balaban J connectivity index is 3.06. The summed E-state index contributed by atoms with van der Waals surface area (Å²) < 4.78 is 4.82. The molecule has 0 aliphatic carbocycles. The highest BCUT2D eigenvalue weighted by Crippen LogP contribution is 2.07. The Labute approximate surface area is 87.0 Å². The number of unbranched alkanes of at least 4 members (excludes halogenated alkanes) is 5. The highest BCUT2D eigenvalue weighted by molar-refractivity contribution is 5.69. The van der Waals surface area contributed by atoms with Crippen molar-refractivity contribution >= 4 is 5.97 Å². The second-order valence-electron chi connectivity index (χ2n) is 3.28. The van der Waals surface area contributed by atoms with Crippen LogP contribution in [-0.4, -0.2) is 12.6 Å². The third-order valence-corrected chi connectivity index (χ3v) is 2.01. The van der Waals surface area contributed by atoms with Crippen LogP contribution in [0.5, 0.6) is 0 Å². The van der Waals surface area contributed by atoms with Crippen LogP contribution in [0.25, 0.3) is 0 Å². The summed E-state index contributed by atoms with van der Waals surface area (Å²) in [6, 6.07) is 0. The molecule has 0 saturated heterocycles. The Morgan fingerprint density at radius 1 is 1.21 bits per heavy atom. The molecule has 0 rings (SSSR count). The molecule has 80 valence electrons. The molecule has 0 aliphatic heterocycles. The number of hydrogen-bond acceptors (Lipinski definition) is 2. The van der Waals surface area contributed by atoms with Gasteiger partial charge in [-0.15, -0.1) is 12.3 Å². The molecule has 0 aromatic carbocycles. The van der Waals surface area contributed by atoms with Crippen LogP contribution in [0.2, 0.25) is 0 Å². The Morgan fingerprint density at radius 3 is 2.50 bits per heavy atom. The fraction of sp³-hybridized carbons (Fsp3) is 0.750. The van der Waals surface area contributed by atoms with Crippen LogP contribution in [-0.2, 0) is 9.53 Å². The minimum absolute atomic E-state index is 0.0730. The minimum Gasteiger partial charge on any atom is -0.466 e. The van der Waals surface area contributed by atoms with Gasteiger partial charge in [0, 0.05) is 12.8 Å². The molecule has 0 heterocycles. The first-order valence-corrected chi connectivity index (χ1v) is 5.40. The van der Waals surface area contributed by atoms with Crippen LogP contribution in [0.1, 0.15) is 51.9 Å². The number of rotatable bonds is 8. The van der Waals surface area contributed by atoms with Gasteiger partial charge in [-0.2, -0.15) is 0 Å². The zero-order valence-corrected chi connectivity index (χ0v) is 9.05. The predicted molar refractivity (Wildman–Crippen MR) is 57.8 cm³/mol. The molecule has 0 N–H and O–H groups in total. The maximum absolute atomic E-state index is 10.9. The lowest BCUT2D eigenvalue weighted by atomic mass is 10.1. The lowest BCUT2D eigenvalue weighted by Gasteiger charge is -2.01. The second kappa shape index (κ2) is 10.1. The monoisotopic (exact) mass is 196 g/mol. The SMILES string of the molecule is C#CCCCCCCCC(=O)OCC. The summed E-state index contributed by atoms with van der Waals surface area (Å²) in [5.74, 6) is 2.55. The molecule has 2 nitrogen and oxygen atoms in total. The summed E-state index contributed by atoms with van der Waals surface area (Å²) in [5, 5.41) is 0. The van der Waals surface area contributed by atoms with Crippen molar-refractivity contribution in [3.63, 3.8) is 0 Å². The van der Waals surface area contributed by atoms with Gasteiger partial charge in [0.25, 0.3) is 0 Å². The number of ether oxygens (including phenoxy) is 1. The van der Waals surface area contributed by atoms with Gasteiger partial charge in [-0.3, -0.25) is 4.79 Å². The zero-order chi connectivity index (χ0) is 10.6. The van der Waals surface area contributed by atoms with Crippen LogP contribution in [0.3, 0.4) is 0 Å². The Bertz CT molecular complexity index is 179. The highest BCUT2D eigenvalue weighted by atomic mass is 16.5. The van der Waals surface area contributed by atoms with E-state index in [0.717, 1.165) is 25.7 Å². The van der Waals surface area contributed by atoms with Gasteiger partial charge >= 0.3 is 5.97 Å². The van der Waals surface area contributed by atoms with Crippen molar-refractivity contribution in [1.29, 1.82) is 0 Å². The van der Waals surface area contributed by atoms with Gasteiger partial charge in [0.2, 0.25) is 0 Å². The molecule has 0 fully saturated rings. The molecule has 0 aliphatic rings. The molecule has 0 atom stereocenters. The first-order chi connectivity index (χ1) is 6.81. The van der Waals surface area contributed by atoms with Crippen molar-refractivity contribution in [1.82, 2.24) is 0 Å². The maximum Gasteiger partial charge on any atom is 0.305 e. The molecule has 0 aromatic rings. The normalized spacial score (nSPS) is 9.43. The van der Waals surface area contributed by atoms with Gasteiger partial charge in [0.05, 0.1) is 6.61 Å². The third kappa shape index (κ3) is 9.12. The number of terminal acetylenes is 1. The topological polar surface area (TPSA) is 26.3 Å². The van der Waals surface area contributed by atoms with Gasteiger partial charge < -0.3 is 4.74 Å². The molecule has 14 heavy (non-hydrogen) atoms. The zero-order valence-electron chi connectivity index (χ0n) is 9.05. The van der Waals surface area contributed by atoms with E-state index < -0.39 is 0 Å². The fourth-order valence-electron chi connectivity index (χ4n) is 1.26. The lowest BCUT2D eigenvalue weighted by Crippen LogP contribution is -2.03. The van der Waals surface area contributed by atoms with E-state index in [2.05, 4.69) is 5.92 Å². The standard InChI is InChI=1S/C12H20O2/c1-3-5-6-7-8-9-10-11-12(13)14-4-2/h1H,4-11H2,2H3. The van der Waals surface area contributed by atoms with E-state index >= 15 is 0 Å². The molecule has 0 spiro atoms. The van der Waals surface area contributed by atoms with Crippen LogP contribution in [0, 0.1) is 12.3 Å². The quantitative estimate of drug-likeness (QED) is 0.339. The summed E-state index contributed by atoms with van der Waals surface area (Å²) in [4.78, 5) is 10.9. The molecule has 0 aromatic heterocycles. The Kier molecular flexibility index (Phi) is 9.41. The van der Waals surface area contributed by atoms with Crippen LogP contribution in [0.4, 0.5) is 0 Å². The molecule has 0 amide bonds. The van der Waals surface area contributed by atoms with Gasteiger partial charge in [0.15, 0.2) is 0 Å². The molecule has 0 saturated carbocycles. The summed E-state index contributed by atoms with van der Waals surface area (Å²) in [5.41, 5.74) is 0. The molecular formula is C12H20O2. The number of esters is 1. The summed E-state index contributed by atoms with van der Waals surface area (Å²) in [6.45, 7) is 2.32. The van der Waals surface area contributed by atoms with E-state index in [-0.39, 0.29) is 5.97 Å². The smallest absolute Gasteiger partial charge is 0.305 e. The van der Waals surface area contributed by atoms with E-state index in [1.807, 2.05) is 6.92 Å². The number of carbonyl (C=O) groups is 1. The first kappa shape index (κ1) is 13.0. The highest BCUT2D eigenvalue weighted by Gasteiger charge is 1.99. The van der Waals surface area contributed by atoms with Gasteiger partial charge in [-0.25, -0.2) is 0 Å². The molecule has 0 radical (unpaired) electrons. The van der Waals surface area contributed by atoms with E-state index in [1.165, 1.54) is 12.8 Å². The number of hydrogen-bond donors (Lipinski definition) is 0. The van der Waals surface area contributed by atoms with Crippen molar-refractivity contribution in [2.75, 3.05) is 6.61 Å². The second-order valence-corrected chi connectivity index (χ2v) is 3.28. The van der Waals surface area contributed by atoms with Crippen LogP contribution in [0.15, 0.2) is 0 Å². The molecule has 0 bridgehead atoms. The van der Waals surface area contributed by atoms with Gasteiger partial charge in [-0.1, -0.05) is 19.3 Å². The lowest BCUT2D eigenvalue weighted by molar-refractivity contribution is -0.143. The average Bonchev–Trinajstić information content (AvgIpc) is 2.17. The summed E-state index contributed by atoms with van der Waals surface area (Å²) in [6.07, 6.45) is 12.1. The van der Waals surface area contributed by atoms with Gasteiger partial charge in [0.1, 0.15) is 0 Å². The maximum atomic E-state index is 10.9. The van der Waals surface area contributed by atoms with E-state index in [0.29, 0.717) is 13.0 Å². The third-order valence-electron chi connectivity index (χ3n) is 2.01. The summed E-state index contributed by atoms with van der Waals surface area (Å²) in [7, 11) is 0. The van der Waals surface area contributed by atoms with Crippen molar-refractivity contribution < 1.29 is 9.53 Å². The summed E-state index contributed by atoms with van der Waals surface area (Å²) >= 11 is 0. The minimum atomic E-state index is -0.0730. The number of carbonyl (C=O) groups excluding carboxylic acids is 1. The Hall–Kier alpha value is -0.970. The average molecular weight is 196 g/mol. The Morgan fingerprint density at radius 2 is 1.86 bits per heavy atom. The van der Waals surface area contributed by atoms with Crippen LogP contribution < -0.4 is 0 Å². The van der Waals surface area contributed by atoms with Crippen molar-refractivity contribution in [2.24, 2.45) is 0 Å². The predicted octanol–water partition coefficient (Wildman–Crippen LogP) is 2.91. The van der Waals surface area contributed by atoms with Crippen molar-refractivity contribution in [3.05, 3.63) is 0 Å². The largest absolute Gasteiger partial charge is 0.466 e. The van der Waals surface area contributed by atoms with Gasteiger partial charge in [-0.05, 0) is 19.8 Å². The fourth-order valence-corrected chi connectivity index (χ4v) is 1.26. The molecule has 0 unspecified atom stereocenters.